The summed E-state index contributed by atoms with van der Waals surface area (Å²) in [6, 6.07) is 37.0. The highest BCUT2D eigenvalue weighted by Crippen LogP contribution is 2.30. The Kier molecular flexibility index (Phi) is 4.58. The van der Waals surface area contributed by atoms with Crippen molar-refractivity contribution in [3.05, 3.63) is 121 Å². The maximum absolute atomic E-state index is 13.9. The predicted molar refractivity (Wildman–Crippen MR) is 120 cm³/mol. The Morgan fingerprint density at radius 2 is 1.13 bits per heavy atom. The van der Waals surface area contributed by atoms with Crippen molar-refractivity contribution in [2.75, 3.05) is 4.90 Å². The third-order valence-corrected chi connectivity index (χ3v) is 5.02. The van der Waals surface area contributed by atoms with Crippen molar-refractivity contribution < 1.29 is 4.79 Å². The Morgan fingerprint density at radius 3 is 1.73 bits per heavy atom. The third kappa shape index (κ3) is 3.14. The van der Waals surface area contributed by atoms with Crippen molar-refractivity contribution in [3.8, 4) is 5.69 Å². The zero-order valence-corrected chi connectivity index (χ0v) is 16.2. The number of carbonyl (C=O) groups is 1. The van der Waals surface area contributed by atoms with Gasteiger partial charge in [-0.15, -0.1) is 0 Å². The molecule has 4 nitrogen and oxygen atoms in total. The minimum atomic E-state index is -0.168. The summed E-state index contributed by atoms with van der Waals surface area (Å²) in [7, 11) is 0. The number of hydrogen-bond donors (Lipinski definition) is 0. The Bertz CT molecular complexity index is 1260. The van der Waals surface area contributed by atoms with Gasteiger partial charge in [0.15, 0.2) is 5.69 Å². The number of amides is 1. The average Bonchev–Trinajstić information content (AvgIpc) is 3.21. The molecule has 0 fully saturated rings. The van der Waals surface area contributed by atoms with Crippen molar-refractivity contribution in [1.82, 2.24) is 9.78 Å². The Morgan fingerprint density at radius 1 is 0.633 bits per heavy atom. The van der Waals surface area contributed by atoms with E-state index in [1.54, 1.807) is 4.90 Å². The molecule has 5 rings (SSSR count). The van der Waals surface area contributed by atoms with Crippen molar-refractivity contribution in [2.24, 2.45) is 0 Å². The number of hydrogen-bond acceptors (Lipinski definition) is 2. The van der Waals surface area contributed by atoms with Gasteiger partial charge in [-0.3, -0.25) is 9.69 Å². The van der Waals surface area contributed by atoms with Crippen molar-refractivity contribution in [2.45, 2.75) is 0 Å². The lowest BCUT2D eigenvalue weighted by molar-refractivity contribution is 0.0995. The summed E-state index contributed by atoms with van der Waals surface area (Å²) in [6.45, 7) is 0. The van der Waals surface area contributed by atoms with E-state index in [-0.39, 0.29) is 5.91 Å². The number of anilines is 2. The molecule has 1 heterocycles. The minimum Gasteiger partial charge on any atom is -0.276 e. The van der Waals surface area contributed by atoms with E-state index in [2.05, 4.69) is 0 Å². The molecule has 0 unspecified atom stereocenters. The summed E-state index contributed by atoms with van der Waals surface area (Å²) in [4.78, 5) is 15.6. The van der Waals surface area contributed by atoms with E-state index < -0.39 is 0 Å². The van der Waals surface area contributed by atoms with Crippen LogP contribution in [0.2, 0.25) is 0 Å². The van der Waals surface area contributed by atoms with Gasteiger partial charge in [0.2, 0.25) is 0 Å². The van der Waals surface area contributed by atoms with Gasteiger partial charge in [0, 0.05) is 16.8 Å². The lowest BCUT2D eigenvalue weighted by atomic mass is 10.1. The summed E-state index contributed by atoms with van der Waals surface area (Å²) in [6.07, 6.45) is 0. The van der Waals surface area contributed by atoms with Crippen molar-refractivity contribution in [3.63, 3.8) is 0 Å². The molecule has 1 aromatic heterocycles. The largest absolute Gasteiger partial charge is 0.283 e. The minimum absolute atomic E-state index is 0.168. The van der Waals surface area contributed by atoms with Crippen LogP contribution >= 0.6 is 0 Å². The summed E-state index contributed by atoms with van der Waals surface area (Å²) < 4.78 is 1.83. The van der Waals surface area contributed by atoms with Crippen LogP contribution in [0.15, 0.2) is 115 Å². The van der Waals surface area contributed by atoms with E-state index >= 15 is 0 Å². The molecule has 0 aliphatic carbocycles. The van der Waals surface area contributed by atoms with Gasteiger partial charge >= 0.3 is 0 Å². The zero-order valence-electron chi connectivity index (χ0n) is 16.2. The molecule has 30 heavy (non-hydrogen) atoms. The number of fused-ring (bicyclic) bond motifs is 1. The van der Waals surface area contributed by atoms with E-state index in [4.69, 9.17) is 5.10 Å². The van der Waals surface area contributed by atoms with E-state index in [0.717, 1.165) is 28.0 Å². The number of benzene rings is 4. The number of nitrogens with zero attached hydrogens (tertiary/aromatic N) is 3. The Hall–Kier alpha value is -4.18. The van der Waals surface area contributed by atoms with Crippen LogP contribution in [0.4, 0.5) is 11.4 Å². The molecule has 0 spiro atoms. The van der Waals surface area contributed by atoms with Crippen LogP contribution in [0.25, 0.3) is 16.6 Å². The molecule has 0 bridgehead atoms. The van der Waals surface area contributed by atoms with Crippen LogP contribution in [0, 0.1) is 0 Å². The molecule has 0 saturated heterocycles. The topological polar surface area (TPSA) is 38.1 Å². The molecular weight excluding hydrogens is 370 g/mol. The van der Waals surface area contributed by atoms with Gasteiger partial charge in [-0.1, -0.05) is 72.8 Å². The van der Waals surface area contributed by atoms with E-state index in [1.807, 2.05) is 120 Å². The van der Waals surface area contributed by atoms with Crippen LogP contribution < -0.4 is 4.90 Å². The smallest absolute Gasteiger partial charge is 0.276 e. The summed E-state index contributed by atoms with van der Waals surface area (Å²) >= 11 is 0. The van der Waals surface area contributed by atoms with Crippen molar-refractivity contribution in [1.29, 1.82) is 0 Å². The van der Waals surface area contributed by atoms with Gasteiger partial charge in [-0.25, -0.2) is 4.68 Å². The first kappa shape index (κ1) is 17.9. The van der Waals surface area contributed by atoms with E-state index in [9.17, 15) is 4.79 Å². The maximum atomic E-state index is 13.9. The number of rotatable bonds is 4. The zero-order chi connectivity index (χ0) is 20.3. The molecule has 4 aromatic carbocycles. The van der Waals surface area contributed by atoms with Gasteiger partial charge in [0.25, 0.3) is 5.91 Å². The normalized spacial score (nSPS) is 10.8. The molecule has 4 heteroatoms. The first-order valence-electron chi connectivity index (χ1n) is 9.81. The highest BCUT2D eigenvalue weighted by Gasteiger charge is 2.25. The molecule has 5 aromatic rings. The van der Waals surface area contributed by atoms with Gasteiger partial charge in [0.1, 0.15) is 0 Å². The fourth-order valence-corrected chi connectivity index (χ4v) is 3.63. The summed E-state index contributed by atoms with van der Waals surface area (Å²) in [5, 5.41) is 5.58. The molecule has 0 N–H and O–H groups in total. The molecule has 0 saturated carbocycles. The fraction of sp³-hybridized carbons (Fsp3) is 0. The highest BCUT2D eigenvalue weighted by molar-refractivity contribution is 6.16. The first-order valence-corrected chi connectivity index (χ1v) is 9.81. The van der Waals surface area contributed by atoms with Crippen LogP contribution in [0.3, 0.4) is 0 Å². The maximum Gasteiger partial charge on any atom is 0.283 e. The molecule has 144 valence electrons. The molecule has 0 aliphatic heterocycles. The monoisotopic (exact) mass is 389 g/mol. The first-order chi connectivity index (χ1) is 14.8. The van der Waals surface area contributed by atoms with Crippen molar-refractivity contribution >= 4 is 28.2 Å². The Balaban J connectivity index is 1.70. The van der Waals surface area contributed by atoms with Gasteiger partial charge in [-0.2, -0.15) is 5.10 Å². The summed E-state index contributed by atoms with van der Waals surface area (Å²) in [5.74, 6) is -0.168. The number of carbonyl (C=O) groups excluding carboxylic acids is 1. The molecule has 0 aliphatic rings. The van der Waals surface area contributed by atoms with Crippen LogP contribution in [-0.2, 0) is 0 Å². The third-order valence-electron chi connectivity index (χ3n) is 5.02. The SMILES string of the molecule is O=C(c1nn(-c2ccccc2)c2ccccc12)N(c1ccccc1)c1ccccc1. The van der Waals surface area contributed by atoms with E-state index in [0.29, 0.717) is 5.69 Å². The molecule has 0 atom stereocenters. The number of para-hydroxylation sites is 4. The Labute approximate surface area is 174 Å². The summed E-state index contributed by atoms with van der Waals surface area (Å²) in [5.41, 5.74) is 3.83. The second kappa shape index (κ2) is 7.68. The molecule has 0 radical (unpaired) electrons. The average molecular weight is 389 g/mol. The second-order valence-corrected chi connectivity index (χ2v) is 6.92. The standard InChI is InChI=1S/C26H19N3O/c30-26(28(20-12-4-1-5-13-20)21-14-6-2-7-15-21)25-23-18-10-11-19-24(23)29(27-25)22-16-8-3-9-17-22/h1-19H. The molecular formula is C26H19N3O. The lowest BCUT2D eigenvalue weighted by Crippen LogP contribution is -2.26. The van der Waals surface area contributed by atoms with Gasteiger partial charge in [0.05, 0.1) is 11.2 Å². The van der Waals surface area contributed by atoms with Crippen LogP contribution in [0.1, 0.15) is 10.5 Å². The van der Waals surface area contributed by atoms with Gasteiger partial charge < -0.3 is 0 Å². The number of aromatic nitrogens is 2. The lowest BCUT2D eigenvalue weighted by Gasteiger charge is -2.22. The predicted octanol–water partition coefficient (Wildman–Crippen LogP) is 6.00. The second-order valence-electron chi connectivity index (χ2n) is 6.92. The van der Waals surface area contributed by atoms with Gasteiger partial charge in [-0.05, 0) is 42.5 Å². The molecule has 1 amide bonds. The van der Waals surface area contributed by atoms with E-state index in [1.165, 1.54) is 0 Å². The van der Waals surface area contributed by atoms with Crippen LogP contribution in [-0.4, -0.2) is 15.7 Å². The fourth-order valence-electron chi connectivity index (χ4n) is 3.63. The van der Waals surface area contributed by atoms with Crippen LogP contribution in [0.5, 0.6) is 0 Å². The quantitative estimate of drug-likeness (QED) is 0.378. The highest BCUT2D eigenvalue weighted by atomic mass is 16.2.